The van der Waals surface area contributed by atoms with Gasteiger partial charge >= 0.3 is 0 Å². The summed E-state index contributed by atoms with van der Waals surface area (Å²) >= 11 is 1.64. The van der Waals surface area contributed by atoms with Gasteiger partial charge in [0.2, 0.25) is 5.13 Å². The first-order chi connectivity index (χ1) is 8.55. The maximum Gasteiger partial charge on any atom is 0.205 e. The Morgan fingerprint density at radius 2 is 1.83 bits per heavy atom. The molecule has 0 saturated carbocycles. The number of rotatable bonds is 4. The van der Waals surface area contributed by atoms with Crippen LogP contribution in [0.3, 0.4) is 0 Å². The number of hydrogen-bond donors (Lipinski definition) is 1. The van der Waals surface area contributed by atoms with Gasteiger partial charge in [0.1, 0.15) is 5.01 Å². The molecule has 0 radical (unpaired) electrons. The van der Waals surface area contributed by atoms with Gasteiger partial charge in [0.05, 0.1) is 0 Å². The highest BCUT2D eigenvalue weighted by atomic mass is 32.1. The molecule has 0 aliphatic rings. The second-order valence-electron chi connectivity index (χ2n) is 5.32. The molecule has 1 aromatic carbocycles. The molecule has 18 heavy (non-hydrogen) atoms. The van der Waals surface area contributed by atoms with Crippen molar-refractivity contribution in [2.75, 3.05) is 11.9 Å². The second kappa shape index (κ2) is 5.48. The molecule has 0 amide bonds. The third-order valence-corrected chi connectivity index (χ3v) is 3.91. The Morgan fingerprint density at radius 3 is 2.44 bits per heavy atom. The highest BCUT2D eigenvalue weighted by molar-refractivity contribution is 7.15. The Labute approximate surface area is 112 Å². The van der Waals surface area contributed by atoms with E-state index in [2.05, 4.69) is 60.6 Å². The summed E-state index contributed by atoms with van der Waals surface area (Å²) in [5, 5.41) is 13.7. The SMILES string of the molecule is CC(C)(C)c1nnc(NCCc2ccccc2)s1. The Kier molecular flexibility index (Phi) is 3.97. The molecule has 2 aromatic rings. The van der Waals surface area contributed by atoms with Gasteiger partial charge < -0.3 is 5.32 Å². The molecular weight excluding hydrogens is 242 g/mol. The van der Waals surface area contributed by atoms with Gasteiger partial charge in [-0.2, -0.15) is 0 Å². The highest BCUT2D eigenvalue weighted by Gasteiger charge is 2.18. The van der Waals surface area contributed by atoms with Crippen LogP contribution in [-0.4, -0.2) is 16.7 Å². The fourth-order valence-electron chi connectivity index (χ4n) is 1.56. The number of benzene rings is 1. The molecule has 4 heteroatoms. The maximum absolute atomic E-state index is 4.22. The molecule has 96 valence electrons. The van der Waals surface area contributed by atoms with Crippen molar-refractivity contribution in [3.8, 4) is 0 Å². The van der Waals surface area contributed by atoms with E-state index in [1.165, 1.54) is 5.56 Å². The zero-order chi connectivity index (χ0) is 13.0. The average Bonchev–Trinajstić information content (AvgIpc) is 2.79. The minimum absolute atomic E-state index is 0.0804. The summed E-state index contributed by atoms with van der Waals surface area (Å²) in [6, 6.07) is 10.5. The van der Waals surface area contributed by atoms with E-state index in [0.717, 1.165) is 23.1 Å². The van der Waals surface area contributed by atoms with Crippen LogP contribution in [0.15, 0.2) is 30.3 Å². The molecule has 0 atom stereocenters. The van der Waals surface area contributed by atoms with Gasteiger partial charge in [-0.3, -0.25) is 0 Å². The summed E-state index contributed by atoms with van der Waals surface area (Å²) in [5.74, 6) is 0. The van der Waals surface area contributed by atoms with Crippen LogP contribution in [0.5, 0.6) is 0 Å². The molecule has 1 heterocycles. The van der Waals surface area contributed by atoms with E-state index in [4.69, 9.17) is 0 Å². The Balaban J connectivity index is 1.86. The van der Waals surface area contributed by atoms with Crippen molar-refractivity contribution in [3.05, 3.63) is 40.9 Å². The summed E-state index contributed by atoms with van der Waals surface area (Å²) in [5.41, 5.74) is 1.42. The van der Waals surface area contributed by atoms with E-state index in [1.54, 1.807) is 11.3 Å². The summed E-state index contributed by atoms with van der Waals surface area (Å²) in [7, 11) is 0. The van der Waals surface area contributed by atoms with Crippen molar-refractivity contribution in [1.29, 1.82) is 0 Å². The second-order valence-corrected chi connectivity index (χ2v) is 6.30. The smallest absolute Gasteiger partial charge is 0.205 e. The van der Waals surface area contributed by atoms with Crippen LogP contribution in [0.2, 0.25) is 0 Å². The number of anilines is 1. The zero-order valence-corrected chi connectivity index (χ0v) is 11.9. The normalized spacial score (nSPS) is 11.5. The van der Waals surface area contributed by atoms with Crippen LogP contribution >= 0.6 is 11.3 Å². The van der Waals surface area contributed by atoms with Crippen molar-refractivity contribution in [1.82, 2.24) is 10.2 Å². The molecule has 1 aromatic heterocycles. The van der Waals surface area contributed by atoms with Crippen molar-refractivity contribution in [3.63, 3.8) is 0 Å². The van der Waals surface area contributed by atoms with E-state index >= 15 is 0 Å². The summed E-state index contributed by atoms with van der Waals surface area (Å²) in [6.45, 7) is 7.35. The molecule has 0 saturated heterocycles. The minimum atomic E-state index is 0.0804. The molecule has 2 rings (SSSR count). The predicted octanol–water partition coefficient (Wildman–Crippen LogP) is 3.49. The average molecular weight is 261 g/mol. The molecule has 0 fully saturated rings. The van der Waals surface area contributed by atoms with Crippen LogP contribution < -0.4 is 5.32 Å². The van der Waals surface area contributed by atoms with Gasteiger partial charge in [0.15, 0.2) is 0 Å². The van der Waals surface area contributed by atoms with Gasteiger partial charge in [-0.1, -0.05) is 62.4 Å². The maximum atomic E-state index is 4.22. The van der Waals surface area contributed by atoms with Gasteiger partial charge in [0.25, 0.3) is 0 Å². The van der Waals surface area contributed by atoms with Crippen molar-refractivity contribution in [2.24, 2.45) is 0 Å². The lowest BCUT2D eigenvalue weighted by Gasteiger charge is -2.12. The molecule has 0 aliphatic heterocycles. The molecule has 0 spiro atoms. The molecular formula is C14H19N3S. The van der Waals surface area contributed by atoms with Crippen LogP contribution in [0.1, 0.15) is 31.3 Å². The molecule has 0 aliphatic carbocycles. The van der Waals surface area contributed by atoms with Crippen LogP contribution in [0.4, 0.5) is 5.13 Å². The van der Waals surface area contributed by atoms with E-state index in [9.17, 15) is 0 Å². The zero-order valence-electron chi connectivity index (χ0n) is 11.1. The number of hydrogen-bond acceptors (Lipinski definition) is 4. The van der Waals surface area contributed by atoms with Crippen molar-refractivity contribution in [2.45, 2.75) is 32.6 Å². The lowest BCUT2D eigenvalue weighted by molar-refractivity contribution is 0.578. The van der Waals surface area contributed by atoms with E-state index < -0.39 is 0 Å². The topological polar surface area (TPSA) is 37.8 Å². The molecule has 3 nitrogen and oxygen atoms in total. The number of nitrogens with zero attached hydrogens (tertiary/aromatic N) is 2. The first kappa shape index (κ1) is 13.0. The van der Waals surface area contributed by atoms with E-state index in [0.29, 0.717) is 0 Å². The molecule has 0 bridgehead atoms. The Bertz CT molecular complexity index is 485. The minimum Gasteiger partial charge on any atom is -0.360 e. The predicted molar refractivity (Wildman–Crippen MR) is 77.2 cm³/mol. The van der Waals surface area contributed by atoms with Crippen LogP contribution in [0, 0.1) is 0 Å². The molecule has 0 unspecified atom stereocenters. The van der Waals surface area contributed by atoms with Crippen molar-refractivity contribution < 1.29 is 0 Å². The third-order valence-electron chi connectivity index (χ3n) is 2.60. The Morgan fingerprint density at radius 1 is 1.11 bits per heavy atom. The fraction of sp³-hybridized carbons (Fsp3) is 0.429. The number of aromatic nitrogens is 2. The van der Waals surface area contributed by atoms with E-state index in [1.807, 2.05) is 6.07 Å². The lowest BCUT2D eigenvalue weighted by Crippen LogP contribution is -2.10. The van der Waals surface area contributed by atoms with Gasteiger partial charge in [0, 0.05) is 12.0 Å². The van der Waals surface area contributed by atoms with Crippen LogP contribution in [-0.2, 0) is 11.8 Å². The van der Waals surface area contributed by atoms with Crippen molar-refractivity contribution >= 4 is 16.5 Å². The largest absolute Gasteiger partial charge is 0.360 e. The lowest BCUT2D eigenvalue weighted by atomic mass is 9.98. The highest BCUT2D eigenvalue weighted by Crippen LogP contribution is 2.27. The summed E-state index contributed by atoms with van der Waals surface area (Å²) in [4.78, 5) is 0. The Hall–Kier alpha value is -1.42. The summed E-state index contributed by atoms with van der Waals surface area (Å²) in [6.07, 6.45) is 1.01. The standard InChI is InChI=1S/C14H19N3S/c1-14(2,3)12-16-17-13(18-12)15-10-9-11-7-5-4-6-8-11/h4-8H,9-10H2,1-3H3,(H,15,17). The first-order valence-corrected chi connectivity index (χ1v) is 6.99. The van der Waals surface area contributed by atoms with Gasteiger partial charge in [-0.15, -0.1) is 10.2 Å². The monoisotopic (exact) mass is 261 g/mol. The third kappa shape index (κ3) is 3.53. The quantitative estimate of drug-likeness (QED) is 0.915. The number of nitrogens with one attached hydrogen (secondary N) is 1. The van der Waals surface area contributed by atoms with E-state index in [-0.39, 0.29) is 5.41 Å². The van der Waals surface area contributed by atoms with Gasteiger partial charge in [-0.05, 0) is 12.0 Å². The fourth-order valence-corrected chi connectivity index (χ4v) is 2.38. The van der Waals surface area contributed by atoms with Gasteiger partial charge in [-0.25, -0.2) is 0 Å². The first-order valence-electron chi connectivity index (χ1n) is 6.17. The van der Waals surface area contributed by atoms with Crippen LogP contribution in [0.25, 0.3) is 0 Å². The summed E-state index contributed by atoms with van der Waals surface area (Å²) < 4.78 is 0. The molecule has 1 N–H and O–H groups in total.